The molecule has 4 heteroatoms. The van der Waals surface area contributed by atoms with E-state index in [1.807, 2.05) is 14.1 Å². The summed E-state index contributed by atoms with van der Waals surface area (Å²) in [5, 5.41) is 3.10. The Kier molecular flexibility index (Phi) is 7.13. The zero-order valence-electron chi connectivity index (χ0n) is 11.5. The van der Waals surface area contributed by atoms with Crippen molar-refractivity contribution in [3.05, 3.63) is 0 Å². The molecule has 0 spiro atoms. The molecule has 0 fully saturated rings. The van der Waals surface area contributed by atoms with Crippen molar-refractivity contribution in [3.63, 3.8) is 0 Å². The van der Waals surface area contributed by atoms with E-state index in [4.69, 9.17) is 5.73 Å². The molecule has 0 aromatic rings. The molecule has 0 aromatic heterocycles. The van der Waals surface area contributed by atoms with Gasteiger partial charge in [-0.25, -0.2) is 0 Å². The van der Waals surface area contributed by atoms with E-state index in [1.54, 1.807) is 0 Å². The number of rotatable bonds is 6. The third-order valence-corrected chi connectivity index (χ3v) is 2.23. The van der Waals surface area contributed by atoms with Crippen molar-refractivity contribution in [2.75, 3.05) is 33.7 Å². The van der Waals surface area contributed by atoms with E-state index in [1.165, 1.54) is 6.42 Å². The SMILES string of the molecule is CN(C)CCNC(N)=NCCCC(C)(C)C. The lowest BCUT2D eigenvalue weighted by molar-refractivity contribution is 0.368. The van der Waals surface area contributed by atoms with Crippen molar-refractivity contribution in [3.8, 4) is 0 Å². The lowest BCUT2D eigenvalue weighted by Crippen LogP contribution is -2.36. The highest BCUT2D eigenvalue weighted by Gasteiger charge is 2.08. The molecule has 0 aliphatic carbocycles. The van der Waals surface area contributed by atoms with Crippen molar-refractivity contribution in [1.82, 2.24) is 10.2 Å². The molecule has 0 radical (unpaired) electrons. The van der Waals surface area contributed by atoms with Crippen LogP contribution in [0, 0.1) is 5.41 Å². The molecular weight excluding hydrogens is 200 g/mol. The number of nitrogens with zero attached hydrogens (tertiary/aromatic N) is 2. The Bertz CT molecular complexity index is 204. The van der Waals surface area contributed by atoms with Gasteiger partial charge in [-0.3, -0.25) is 4.99 Å². The molecule has 0 saturated heterocycles. The van der Waals surface area contributed by atoms with Gasteiger partial charge in [0.2, 0.25) is 0 Å². The van der Waals surface area contributed by atoms with Crippen molar-refractivity contribution >= 4 is 5.96 Å². The maximum atomic E-state index is 5.73. The van der Waals surface area contributed by atoms with E-state index in [2.05, 4.69) is 36.0 Å². The molecule has 0 unspecified atom stereocenters. The maximum absolute atomic E-state index is 5.73. The van der Waals surface area contributed by atoms with Crippen LogP contribution < -0.4 is 11.1 Å². The van der Waals surface area contributed by atoms with Gasteiger partial charge in [0, 0.05) is 19.6 Å². The molecule has 0 aliphatic rings. The van der Waals surface area contributed by atoms with Crippen LogP contribution in [-0.4, -0.2) is 44.6 Å². The largest absolute Gasteiger partial charge is 0.370 e. The standard InChI is InChI=1S/C12H28N4/c1-12(2,3)7-6-8-14-11(13)15-9-10-16(4)5/h6-10H2,1-5H3,(H3,13,14,15). The van der Waals surface area contributed by atoms with Gasteiger partial charge in [0.05, 0.1) is 0 Å². The van der Waals surface area contributed by atoms with Crippen molar-refractivity contribution < 1.29 is 0 Å². The Balaban J connectivity index is 3.55. The molecule has 0 bridgehead atoms. The van der Waals surface area contributed by atoms with Crippen molar-refractivity contribution in [1.29, 1.82) is 0 Å². The third-order valence-electron chi connectivity index (χ3n) is 2.23. The first-order chi connectivity index (χ1) is 7.31. The number of nitrogens with two attached hydrogens (primary N) is 1. The molecular formula is C12H28N4. The maximum Gasteiger partial charge on any atom is 0.188 e. The fourth-order valence-corrected chi connectivity index (χ4v) is 1.27. The van der Waals surface area contributed by atoms with Crippen LogP contribution in [0.1, 0.15) is 33.6 Å². The molecule has 0 atom stereocenters. The van der Waals surface area contributed by atoms with Gasteiger partial charge in [-0.1, -0.05) is 20.8 Å². The van der Waals surface area contributed by atoms with E-state index in [9.17, 15) is 0 Å². The molecule has 0 saturated carbocycles. The summed E-state index contributed by atoms with van der Waals surface area (Å²) in [7, 11) is 4.08. The summed E-state index contributed by atoms with van der Waals surface area (Å²) in [4.78, 5) is 6.40. The van der Waals surface area contributed by atoms with Gasteiger partial charge in [-0.2, -0.15) is 0 Å². The zero-order chi connectivity index (χ0) is 12.6. The second-order valence-corrected chi connectivity index (χ2v) is 5.66. The van der Waals surface area contributed by atoms with Crippen molar-refractivity contribution in [2.45, 2.75) is 33.6 Å². The monoisotopic (exact) mass is 228 g/mol. The second kappa shape index (κ2) is 7.49. The lowest BCUT2D eigenvalue weighted by Gasteiger charge is -2.16. The Morgan fingerprint density at radius 3 is 2.44 bits per heavy atom. The predicted molar refractivity (Wildman–Crippen MR) is 71.7 cm³/mol. The summed E-state index contributed by atoms with van der Waals surface area (Å²) in [6.45, 7) is 9.37. The number of aliphatic imine (C=N–C) groups is 1. The topological polar surface area (TPSA) is 53.6 Å². The Morgan fingerprint density at radius 2 is 1.94 bits per heavy atom. The van der Waals surface area contributed by atoms with E-state index < -0.39 is 0 Å². The van der Waals surface area contributed by atoms with E-state index >= 15 is 0 Å². The average Bonchev–Trinajstić information content (AvgIpc) is 2.10. The van der Waals surface area contributed by atoms with E-state index in [0.717, 1.165) is 26.1 Å². The summed E-state index contributed by atoms with van der Waals surface area (Å²) in [5.41, 5.74) is 6.12. The van der Waals surface area contributed by atoms with Gasteiger partial charge in [-0.15, -0.1) is 0 Å². The second-order valence-electron chi connectivity index (χ2n) is 5.66. The highest BCUT2D eigenvalue weighted by atomic mass is 15.1. The summed E-state index contributed by atoms with van der Waals surface area (Å²) in [6.07, 6.45) is 2.28. The predicted octanol–water partition coefficient (Wildman–Crippen LogP) is 1.28. The molecule has 0 heterocycles. The molecule has 96 valence electrons. The molecule has 0 amide bonds. The third kappa shape index (κ3) is 11.3. The highest BCUT2D eigenvalue weighted by Crippen LogP contribution is 2.20. The summed E-state index contributed by atoms with van der Waals surface area (Å²) >= 11 is 0. The van der Waals surface area contributed by atoms with Crippen LogP contribution in [0.3, 0.4) is 0 Å². The van der Waals surface area contributed by atoms with Crippen LogP contribution in [-0.2, 0) is 0 Å². The quantitative estimate of drug-likeness (QED) is 0.409. The molecule has 0 rings (SSSR count). The minimum atomic E-state index is 0.392. The van der Waals surface area contributed by atoms with Gasteiger partial charge >= 0.3 is 0 Å². The first kappa shape index (κ1) is 15.2. The van der Waals surface area contributed by atoms with E-state index in [-0.39, 0.29) is 0 Å². The Hall–Kier alpha value is -0.770. The molecule has 4 nitrogen and oxygen atoms in total. The fraction of sp³-hybridized carbons (Fsp3) is 0.917. The average molecular weight is 228 g/mol. The molecule has 3 N–H and O–H groups in total. The molecule has 0 aromatic carbocycles. The van der Waals surface area contributed by atoms with Gasteiger partial charge in [0.1, 0.15) is 0 Å². The van der Waals surface area contributed by atoms with Crippen LogP contribution >= 0.6 is 0 Å². The van der Waals surface area contributed by atoms with Crippen LogP contribution in [0.15, 0.2) is 4.99 Å². The minimum absolute atomic E-state index is 0.392. The fourth-order valence-electron chi connectivity index (χ4n) is 1.27. The normalized spacial score (nSPS) is 13.2. The summed E-state index contributed by atoms with van der Waals surface area (Å²) < 4.78 is 0. The van der Waals surface area contributed by atoms with Crippen LogP contribution in [0.5, 0.6) is 0 Å². The molecule has 0 aliphatic heterocycles. The van der Waals surface area contributed by atoms with Gasteiger partial charge in [-0.05, 0) is 32.4 Å². The number of hydrogen-bond acceptors (Lipinski definition) is 2. The van der Waals surface area contributed by atoms with Crippen LogP contribution in [0.2, 0.25) is 0 Å². The lowest BCUT2D eigenvalue weighted by atomic mass is 9.91. The smallest absolute Gasteiger partial charge is 0.188 e. The number of likely N-dealkylation sites (N-methyl/N-ethyl adjacent to an activating group) is 1. The number of nitrogens with one attached hydrogen (secondary N) is 1. The Morgan fingerprint density at radius 1 is 1.31 bits per heavy atom. The minimum Gasteiger partial charge on any atom is -0.370 e. The summed E-state index contributed by atoms with van der Waals surface area (Å²) in [5.74, 6) is 0.566. The van der Waals surface area contributed by atoms with Crippen LogP contribution in [0.4, 0.5) is 0 Å². The van der Waals surface area contributed by atoms with Crippen molar-refractivity contribution in [2.24, 2.45) is 16.1 Å². The number of guanidine groups is 1. The van der Waals surface area contributed by atoms with E-state index in [0.29, 0.717) is 11.4 Å². The summed E-state index contributed by atoms with van der Waals surface area (Å²) in [6, 6.07) is 0. The molecule has 16 heavy (non-hydrogen) atoms. The zero-order valence-corrected chi connectivity index (χ0v) is 11.5. The van der Waals surface area contributed by atoms with Crippen LogP contribution in [0.25, 0.3) is 0 Å². The highest BCUT2D eigenvalue weighted by molar-refractivity contribution is 5.77. The Labute approximate surface area is 100 Å². The van der Waals surface area contributed by atoms with Gasteiger partial charge in [0.15, 0.2) is 5.96 Å². The first-order valence-corrected chi connectivity index (χ1v) is 6.00. The van der Waals surface area contributed by atoms with Gasteiger partial charge < -0.3 is 16.0 Å². The number of hydrogen-bond donors (Lipinski definition) is 2. The van der Waals surface area contributed by atoms with Gasteiger partial charge in [0.25, 0.3) is 0 Å². The first-order valence-electron chi connectivity index (χ1n) is 6.00.